The van der Waals surface area contributed by atoms with Crippen molar-refractivity contribution in [3.63, 3.8) is 0 Å². The molecule has 0 aliphatic rings. The standard InChI is InChI=1S/C20H30N4O.HI/c1-14-9-15(2)11-16(10-14)7-8-22-19(21-6)24-13-18-23-12-17(25-18)20(3,4)5;/h9-12H,7-8,13H2,1-6H3,(H2,21,22,24);1H. The fraction of sp³-hybridized carbons (Fsp3) is 0.500. The summed E-state index contributed by atoms with van der Waals surface area (Å²) in [4.78, 5) is 8.57. The van der Waals surface area contributed by atoms with E-state index in [-0.39, 0.29) is 29.4 Å². The second kappa shape index (κ2) is 9.94. The summed E-state index contributed by atoms with van der Waals surface area (Å²) < 4.78 is 5.79. The normalized spacial score (nSPS) is 11.8. The number of guanidine groups is 1. The van der Waals surface area contributed by atoms with Crippen molar-refractivity contribution in [2.24, 2.45) is 4.99 Å². The molecule has 0 saturated heterocycles. The van der Waals surface area contributed by atoms with Gasteiger partial charge in [0.15, 0.2) is 5.96 Å². The molecule has 0 fully saturated rings. The smallest absolute Gasteiger partial charge is 0.213 e. The van der Waals surface area contributed by atoms with Gasteiger partial charge in [-0.1, -0.05) is 50.1 Å². The van der Waals surface area contributed by atoms with E-state index in [0.717, 1.165) is 24.7 Å². The highest BCUT2D eigenvalue weighted by molar-refractivity contribution is 14.0. The Morgan fingerprint density at radius 3 is 2.31 bits per heavy atom. The van der Waals surface area contributed by atoms with Crippen LogP contribution in [0.1, 0.15) is 49.1 Å². The minimum Gasteiger partial charge on any atom is -0.443 e. The molecule has 0 saturated carbocycles. The number of hydrogen-bond donors (Lipinski definition) is 2. The van der Waals surface area contributed by atoms with E-state index >= 15 is 0 Å². The molecule has 2 rings (SSSR count). The third-order valence-corrected chi connectivity index (χ3v) is 3.91. The van der Waals surface area contributed by atoms with Gasteiger partial charge in [-0.3, -0.25) is 4.99 Å². The van der Waals surface area contributed by atoms with Crippen molar-refractivity contribution in [2.45, 2.75) is 53.0 Å². The van der Waals surface area contributed by atoms with Crippen LogP contribution in [0.4, 0.5) is 0 Å². The van der Waals surface area contributed by atoms with E-state index in [4.69, 9.17) is 4.42 Å². The monoisotopic (exact) mass is 470 g/mol. The molecule has 0 aliphatic heterocycles. The minimum absolute atomic E-state index is 0. The number of aromatic nitrogens is 1. The van der Waals surface area contributed by atoms with Gasteiger partial charge in [-0.25, -0.2) is 4.98 Å². The third-order valence-electron chi connectivity index (χ3n) is 3.91. The lowest BCUT2D eigenvalue weighted by atomic mass is 9.94. The predicted octanol–water partition coefficient (Wildman–Crippen LogP) is 4.11. The van der Waals surface area contributed by atoms with Crippen LogP contribution in [0.15, 0.2) is 33.8 Å². The summed E-state index contributed by atoms with van der Waals surface area (Å²) in [6, 6.07) is 6.65. The lowest BCUT2D eigenvalue weighted by Crippen LogP contribution is -2.37. The van der Waals surface area contributed by atoms with E-state index in [2.05, 4.69) is 73.4 Å². The molecule has 0 amide bonds. The van der Waals surface area contributed by atoms with Crippen LogP contribution in [0, 0.1) is 13.8 Å². The number of aryl methyl sites for hydroxylation is 2. The van der Waals surface area contributed by atoms with E-state index in [1.54, 1.807) is 13.2 Å². The number of nitrogens with one attached hydrogen (secondary N) is 2. The second-order valence-electron chi connectivity index (χ2n) is 7.47. The molecule has 5 nitrogen and oxygen atoms in total. The van der Waals surface area contributed by atoms with Crippen LogP contribution in [0.3, 0.4) is 0 Å². The minimum atomic E-state index is -0.0306. The molecule has 26 heavy (non-hydrogen) atoms. The van der Waals surface area contributed by atoms with Crippen LogP contribution in [0.25, 0.3) is 0 Å². The van der Waals surface area contributed by atoms with E-state index < -0.39 is 0 Å². The third kappa shape index (κ3) is 6.97. The first-order valence-electron chi connectivity index (χ1n) is 8.75. The molecular formula is C20H31IN4O. The van der Waals surface area contributed by atoms with Gasteiger partial charge in [0.1, 0.15) is 5.76 Å². The lowest BCUT2D eigenvalue weighted by molar-refractivity contribution is 0.379. The summed E-state index contributed by atoms with van der Waals surface area (Å²) in [5.41, 5.74) is 3.91. The summed E-state index contributed by atoms with van der Waals surface area (Å²) in [7, 11) is 1.77. The molecule has 6 heteroatoms. The number of aliphatic imine (C=N–C) groups is 1. The molecule has 0 bridgehead atoms. The van der Waals surface area contributed by atoms with Crippen molar-refractivity contribution < 1.29 is 4.42 Å². The summed E-state index contributed by atoms with van der Waals surface area (Å²) in [6.45, 7) is 11.9. The molecule has 2 N–H and O–H groups in total. The Balaban J connectivity index is 0.00000338. The lowest BCUT2D eigenvalue weighted by Gasteiger charge is -2.13. The van der Waals surface area contributed by atoms with E-state index in [1.165, 1.54) is 16.7 Å². The quantitative estimate of drug-likeness (QED) is 0.392. The van der Waals surface area contributed by atoms with Crippen LogP contribution in [-0.4, -0.2) is 24.5 Å². The summed E-state index contributed by atoms with van der Waals surface area (Å²) in [6.07, 6.45) is 2.75. The Morgan fingerprint density at radius 2 is 1.77 bits per heavy atom. The van der Waals surface area contributed by atoms with Gasteiger partial charge in [-0.15, -0.1) is 24.0 Å². The van der Waals surface area contributed by atoms with Crippen LogP contribution in [0.5, 0.6) is 0 Å². The Morgan fingerprint density at radius 1 is 1.12 bits per heavy atom. The fourth-order valence-corrected chi connectivity index (χ4v) is 2.66. The van der Waals surface area contributed by atoms with Crippen molar-refractivity contribution in [1.82, 2.24) is 15.6 Å². The van der Waals surface area contributed by atoms with Gasteiger partial charge >= 0.3 is 0 Å². The SMILES string of the molecule is CN=C(NCCc1cc(C)cc(C)c1)NCc1ncc(C(C)(C)C)o1.I. The molecule has 0 spiro atoms. The number of nitrogens with zero attached hydrogens (tertiary/aromatic N) is 2. The highest BCUT2D eigenvalue weighted by Gasteiger charge is 2.19. The molecule has 1 aromatic carbocycles. The molecule has 1 heterocycles. The number of rotatable bonds is 5. The number of oxazole rings is 1. The Labute approximate surface area is 174 Å². The Kier molecular flexibility index (Phi) is 8.59. The van der Waals surface area contributed by atoms with Crippen molar-refractivity contribution in [3.8, 4) is 0 Å². The van der Waals surface area contributed by atoms with Crippen molar-refractivity contribution in [2.75, 3.05) is 13.6 Å². The number of benzene rings is 1. The van der Waals surface area contributed by atoms with Crippen molar-refractivity contribution >= 4 is 29.9 Å². The molecular weight excluding hydrogens is 439 g/mol. The van der Waals surface area contributed by atoms with Crippen LogP contribution >= 0.6 is 24.0 Å². The first-order chi connectivity index (χ1) is 11.8. The maximum absolute atomic E-state index is 5.79. The Bertz CT molecular complexity index is 711. The largest absolute Gasteiger partial charge is 0.443 e. The van der Waals surface area contributed by atoms with Gasteiger partial charge in [0.05, 0.1) is 12.7 Å². The fourth-order valence-electron chi connectivity index (χ4n) is 2.66. The average Bonchev–Trinajstić information content (AvgIpc) is 2.99. The van der Waals surface area contributed by atoms with E-state index in [0.29, 0.717) is 12.4 Å². The van der Waals surface area contributed by atoms with Crippen LogP contribution < -0.4 is 10.6 Å². The van der Waals surface area contributed by atoms with Gasteiger partial charge in [-0.2, -0.15) is 0 Å². The zero-order chi connectivity index (χ0) is 18.4. The first kappa shape index (κ1) is 22.5. The van der Waals surface area contributed by atoms with Crippen LogP contribution in [0.2, 0.25) is 0 Å². The van der Waals surface area contributed by atoms with E-state index in [1.807, 2.05) is 0 Å². The maximum Gasteiger partial charge on any atom is 0.213 e. The molecule has 0 radical (unpaired) electrons. The zero-order valence-electron chi connectivity index (χ0n) is 16.6. The molecule has 0 aliphatic carbocycles. The van der Waals surface area contributed by atoms with E-state index in [9.17, 15) is 0 Å². The number of halogens is 1. The second-order valence-corrected chi connectivity index (χ2v) is 7.47. The zero-order valence-corrected chi connectivity index (χ0v) is 19.0. The highest BCUT2D eigenvalue weighted by Crippen LogP contribution is 2.22. The first-order valence-corrected chi connectivity index (χ1v) is 8.75. The van der Waals surface area contributed by atoms with Gasteiger partial charge < -0.3 is 15.1 Å². The summed E-state index contributed by atoms with van der Waals surface area (Å²) in [5, 5.41) is 6.58. The summed E-state index contributed by atoms with van der Waals surface area (Å²) in [5.74, 6) is 2.31. The average molecular weight is 470 g/mol. The van der Waals surface area contributed by atoms with Crippen LogP contribution in [-0.2, 0) is 18.4 Å². The van der Waals surface area contributed by atoms with Gasteiger partial charge in [0.25, 0.3) is 0 Å². The molecule has 1 aromatic heterocycles. The highest BCUT2D eigenvalue weighted by atomic mass is 127. The summed E-state index contributed by atoms with van der Waals surface area (Å²) >= 11 is 0. The van der Waals surface area contributed by atoms with Gasteiger partial charge in [-0.05, 0) is 25.8 Å². The van der Waals surface area contributed by atoms with Gasteiger partial charge in [0.2, 0.25) is 5.89 Å². The molecule has 0 unspecified atom stereocenters. The molecule has 2 aromatic rings. The van der Waals surface area contributed by atoms with Crippen molar-refractivity contribution in [1.29, 1.82) is 0 Å². The van der Waals surface area contributed by atoms with Crippen molar-refractivity contribution in [3.05, 3.63) is 52.7 Å². The molecule has 144 valence electrons. The van der Waals surface area contributed by atoms with Gasteiger partial charge in [0, 0.05) is 19.0 Å². The predicted molar refractivity (Wildman–Crippen MR) is 118 cm³/mol. The topological polar surface area (TPSA) is 62.5 Å². The maximum atomic E-state index is 5.79. The molecule has 0 atom stereocenters. The Hall–Kier alpha value is -1.57. The number of hydrogen-bond acceptors (Lipinski definition) is 3.